The van der Waals surface area contributed by atoms with Crippen LogP contribution in [0.3, 0.4) is 0 Å². The minimum absolute atomic E-state index is 0.00269. The molecule has 0 aliphatic rings. The lowest BCUT2D eigenvalue weighted by atomic mass is 10.1. The molecule has 1 aromatic rings. The van der Waals surface area contributed by atoms with Crippen LogP contribution in [0.25, 0.3) is 0 Å². The summed E-state index contributed by atoms with van der Waals surface area (Å²) in [5.41, 5.74) is 4.58. The van der Waals surface area contributed by atoms with Crippen LogP contribution in [0.4, 0.5) is 16.2 Å². The molecule has 4 N–H and O–H groups in total. The van der Waals surface area contributed by atoms with Gasteiger partial charge in [0.15, 0.2) is 0 Å². The fourth-order valence-electron chi connectivity index (χ4n) is 1.54. The van der Waals surface area contributed by atoms with Crippen molar-refractivity contribution in [1.29, 1.82) is 0 Å². The number of nitro benzene ring substituents is 1. The van der Waals surface area contributed by atoms with Gasteiger partial charge in [0.1, 0.15) is 17.9 Å². The van der Waals surface area contributed by atoms with Gasteiger partial charge in [-0.3, -0.25) is 14.9 Å². The second-order valence-corrected chi connectivity index (χ2v) is 3.63. The molecule has 0 heterocycles. The third-order valence-corrected chi connectivity index (χ3v) is 2.36. The molecule has 2 amide bonds. The van der Waals surface area contributed by atoms with Crippen LogP contribution in [-0.2, 0) is 4.74 Å². The second kappa shape index (κ2) is 6.92. The number of amides is 2. The molecule has 0 unspecified atom stereocenters. The van der Waals surface area contributed by atoms with Crippen LogP contribution in [0, 0.1) is 10.1 Å². The standard InChI is InChI=1S/C11H14N4O5/c1-13-8-4-2-3-7(9(8)15(18)19)10(16)14-5-6-20-11(12)17/h2-4,13H,5-6H2,1H3,(H2,12,17)(H,14,16). The van der Waals surface area contributed by atoms with Crippen molar-refractivity contribution >= 4 is 23.4 Å². The van der Waals surface area contributed by atoms with E-state index in [2.05, 4.69) is 15.4 Å². The Kier molecular flexibility index (Phi) is 5.27. The number of nitrogens with one attached hydrogen (secondary N) is 2. The third-order valence-electron chi connectivity index (χ3n) is 2.36. The quantitative estimate of drug-likeness (QED) is 0.394. The van der Waals surface area contributed by atoms with Crippen LogP contribution >= 0.6 is 0 Å². The first-order valence-electron chi connectivity index (χ1n) is 5.63. The molecular formula is C11H14N4O5. The molecule has 1 rings (SSSR count). The van der Waals surface area contributed by atoms with E-state index >= 15 is 0 Å². The summed E-state index contributed by atoms with van der Waals surface area (Å²) in [6, 6.07) is 4.35. The molecule has 0 aromatic heterocycles. The van der Waals surface area contributed by atoms with E-state index < -0.39 is 16.9 Å². The molecule has 20 heavy (non-hydrogen) atoms. The van der Waals surface area contributed by atoms with Gasteiger partial charge in [0.05, 0.1) is 11.5 Å². The van der Waals surface area contributed by atoms with Gasteiger partial charge in [0, 0.05) is 7.05 Å². The molecule has 1 aromatic carbocycles. The van der Waals surface area contributed by atoms with Crippen LogP contribution in [0.2, 0.25) is 0 Å². The number of ether oxygens (including phenoxy) is 1. The van der Waals surface area contributed by atoms with Crippen LogP contribution in [-0.4, -0.2) is 37.1 Å². The van der Waals surface area contributed by atoms with Gasteiger partial charge < -0.3 is 21.1 Å². The maximum atomic E-state index is 11.9. The van der Waals surface area contributed by atoms with Crippen molar-refractivity contribution in [2.45, 2.75) is 0 Å². The Morgan fingerprint density at radius 3 is 2.70 bits per heavy atom. The van der Waals surface area contributed by atoms with E-state index in [9.17, 15) is 19.7 Å². The van der Waals surface area contributed by atoms with Crippen molar-refractivity contribution in [2.75, 3.05) is 25.5 Å². The van der Waals surface area contributed by atoms with Crippen molar-refractivity contribution in [2.24, 2.45) is 5.73 Å². The molecule has 9 nitrogen and oxygen atoms in total. The largest absolute Gasteiger partial charge is 0.448 e. The average Bonchev–Trinajstić information content (AvgIpc) is 2.41. The fraction of sp³-hybridized carbons (Fsp3) is 0.273. The van der Waals surface area contributed by atoms with E-state index in [0.29, 0.717) is 0 Å². The minimum atomic E-state index is -0.956. The summed E-state index contributed by atoms with van der Waals surface area (Å²) in [6.07, 6.45) is -0.956. The van der Waals surface area contributed by atoms with Crippen LogP contribution < -0.4 is 16.4 Å². The zero-order chi connectivity index (χ0) is 15.1. The minimum Gasteiger partial charge on any atom is -0.448 e. The third kappa shape index (κ3) is 3.83. The monoisotopic (exact) mass is 282 g/mol. The fourth-order valence-corrected chi connectivity index (χ4v) is 1.54. The second-order valence-electron chi connectivity index (χ2n) is 3.63. The zero-order valence-electron chi connectivity index (χ0n) is 10.7. The van der Waals surface area contributed by atoms with E-state index in [1.54, 1.807) is 0 Å². The van der Waals surface area contributed by atoms with E-state index in [1.165, 1.54) is 25.2 Å². The molecule has 0 spiro atoms. The first kappa shape index (κ1) is 15.2. The number of anilines is 1. The number of nitrogens with two attached hydrogens (primary N) is 1. The summed E-state index contributed by atoms with van der Waals surface area (Å²) in [7, 11) is 1.52. The van der Waals surface area contributed by atoms with Crippen molar-refractivity contribution in [3.8, 4) is 0 Å². The molecule has 108 valence electrons. The maximum Gasteiger partial charge on any atom is 0.404 e. The average molecular weight is 282 g/mol. The summed E-state index contributed by atoms with van der Waals surface area (Å²) in [5.74, 6) is -0.637. The summed E-state index contributed by atoms with van der Waals surface area (Å²) >= 11 is 0. The molecule has 0 aliphatic carbocycles. The lowest BCUT2D eigenvalue weighted by molar-refractivity contribution is -0.384. The lowest BCUT2D eigenvalue weighted by Gasteiger charge is -2.08. The van der Waals surface area contributed by atoms with Gasteiger partial charge in [-0.25, -0.2) is 4.79 Å². The number of para-hydroxylation sites is 1. The summed E-state index contributed by atoms with van der Waals surface area (Å²) in [4.78, 5) is 32.6. The topological polar surface area (TPSA) is 137 Å². The lowest BCUT2D eigenvalue weighted by Crippen LogP contribution is -2.29. The molecule has 0 saturated heterocycles. The molecular weight excluding hydrogens is 268 g/mol. The van der Waals surface area contributed by atoms with Crippen molar-refractivity contribution in [3.05, 3.63) is 33.9 Å². The predicted octanol–water partition coefficient (Wildman–Crippen LogP) is 0.462. The van der Waals surface area contributed by atoms with Crippen molar-refractivity contribution < 1.29 is 19.2 Å². The predicted molar refractivity (Wildman–Crippen MR) is 70.5 cm³/mol. The first-order chi connectivity index (χ1) is 9.47. The first-order valence-corrected chi connectivity index (χ1v) is 5.63. The number of carbonyl (C=O) groups excluding carboxylic acids is 2. The number of carbonyl (C=O) groups is 2. The normalized spacial score (nSPS) is 9.65. The molecule has 0 bridgehead atoms. The Morgan fingerprint density at radius 1 is 1.45 bits per heavy atom. The highest BCUT2D eigenvalue weighted by molar-refractivity contribution is 6.00. The number of hydrogen-bond donors (Lipinski definition) is 3. The number of primary amides is 1. The smallest absolute Gasteiger partial charge is 0.404 e. The van der Waals surface area contributed by atoms with Gasteiger partial charge in [-0.1, -0.05) is 6.07 Å². The van der Waals surface area contributed by atoms with Gasteiger partial charge in [0.25, 0.3) is 5.91 Å². The molecule has 0 radical (unpaired) electrons. The van der Waals surface area contributed by atoms with E-state index in [4.69, 9.17) is 5.73 Å². The van der Waals surface area contributed by atoms with Crippen molar-refractivity contribution in [1.82, 2.24) is 5.32 Å². The Balaban J connectivity index is 2.82. The summed E-state index contributed by atoms with van der Waals surface area (Å²) < 4.78 is 4.43. The Bertz CT molecular complexity index is 532. The van der Waals surface area contributed by atoms with Gasteiger partial charge in [0.2, 0.25) is 0 Å². The Hall–Kier alpha value is -2.84. The number of rotatable bonds is 6. The highest BCUT2D eigenvalue weighted by atomic mass is 16.6. The van der Waals surface area contributed by atoms with Crippen LogP contribution in [0.5, 0.6) is 0 Å². The van der Waals surface area contributed by atoms with Gasteiger partial charge in [-0.05, 0) is 12.1 Å². The van der Waals surface area contributed by atoms with E-state index in [1.807, 2.05) is 0 Å². The number of hydrogen-bond acceptors (Lipinski definition) is 6. The van der Waals surface area contributed by atoms with Gasteiger partial charge in [-0.2, -0.15) is 0 Å². The molecule has 0 aliphatic heterocycles. The summed E-state index contributed by atoms with van der Waals surface area (Å²) in [5, 5.41) is 16.1. The van der Waals surface area contributed by atoms with Gasteiger partial charge in [-0.15, -0.1) is 0 Å². The van der Waals surface area contributed by atoms with Crippen molar-refractivity contribution in [3.63, 3.8) is 0 Å². The number of nitrogens with zero attached hydrogens (tertiary/aromatic N) is 1. The Labute approximate surface area is 114 Å². The zero-order valence-corrected chi connectivity index (χ0v) is 10.7. The highest BCUT2D eigenvalue weighted by Crippen LogP contribution is 2.27. The van der Waals surface area contributed by atoms with Gasteiger partial charge >= 0.3 is 11.8 Å². The number of benzene rings is 1. The number of nitro groups is 1. The SMILES string of the molecule is CNc1cccc(C(=O)NCCOC(N)=O)c1[N+](=O)[O-]. The van der Waals surface area contributed by atoms with Crippen LogP contribution in [0.15, 0.2) is 18.2 Å². The molecule has 9 heteroatoms. The molecule has 0 saturated carbocycles. The highest BCUT2D eigenvalue weighted by Gasteiger charge is 2.23. The molecule has 0 fully saturated rings. The maximum absolute atomic E-state index is 11.9. The molecule has 0 atom stereocenters. The van der Waals surface area contributed by atoms with E-state index in [-0.39, 0.29) is 30.1 Å². The van der Waals surface area contributed by atoms with E-state index in [0.717, 1.165) is 0 Å². The summed E-state index contributed by atoms with van der Waals surface area (Å²) in [6.45, 7) is -0.108. The Morgan fingerprint density at radius 2 is 2.15 bits per heavy atom. The van der Waals surface area contributed by atoms with Crippen LogP contribution in [0.1, 0.15) is 10.4 Å².